The molecule has 0 saturated heterocycles. The molecule has 1 rings (SSSR count). The number of hydrogen-bond acceptors (Lipinski definition) is 4. The van der Waals surface area contributed by atoms with Crippen LogP contribution in [0.1, 0.15) is 17.4 Å². The van der Waals surface area contributed by atoms with Gasteiger partial charge in [-0.1, -0.05) is 6.58 Å². The Labute approximate surface area is 88.2 Å². The monoisotopic (exact) mass is 207 g/mol. The molecule has 4 nitrogen and oxygen atoms in total. The van der Waals surface area contributed by atoms with Crippen molar-refractivity contribution in [3.63, 3.8) is 0 Å². The van der Waals surface area contributed by atoms with Gasteiger partial charge in [-0.25, -0.2) is 4.79 Å². The zero-order valence-corrected chi connectivity index (χ0v) is 8.73. The van der Waals surface area contributed by atoms with Crippen LogP contribution in [0.2, 0.25) is 0 Å². The Hall–Kier alpha value is -1.68. The lowest BCUT2D eigenvalue weighted by atomic mass is 10.1. The Balaban J connectivity index is 2.89. The highest BCUT2D eigenvalue weighted by Gasteiger charge is 2.19. The minimum absolute atomic E-state index is 0.0180. The predicted octanol–water partition coefficient (Wildman–Crippen LogP) is 1.15. The number of rotatable bonds is 3. The van der Waals surface area contributed by atoms with Gasteiger partial charge in [-0.05, 0) is 24.6 Å². The molecule has 1 N–H and O–H groups in total. The summed E-state index contributed by atoms with van der Waals surface area (Å²) in [5, 5.41) is 9.75. The van der Waals surface area contributed by atoms with Crippen LogP contribution in [0.25, 0.3) is 0 Å². The van der Waals surface area contributed by atoms with Crippen molar-refractivity contribution in [3.05, 3.63) is 41.7 Å². The first kappa shape index (κ1) is 11.4. The Morgan fingerprint density at radius 3 is 2.87 bits per heavy atom. The third-order valence-corrected chi connectivity index (χ3v) is 1.99. The number of esters is 1. The van der Waals surface area contributed by atoms with E-state index >= 15 is 0 Å². The predicted molar refractivity (Wildman–Crippen MR) is 55.1 cm³/mol. The molecular formula is C11H13NO3. The van der Waals surface area contributed by atoms with Crippen LogP contribution in [0.3, 0.4) is 0 Å². The molecule has 0 aliphatic rings. The molecule has 0 spiro atoms. The number of aromatic nitrogens is 1. The standard InChI is InChI=1S/C11H13NO3/c1-7-4-5-12-9(6-7)10(13)8(2)11(14)15-3/h4-6,10,13H,2H2,1,3H3. The number of nitrogens with zero attached hydrogens (tertiary/aromatic N) is 1. The van der Waals surface area contributed by atoms with E-state index in [1.165, 1.54) is 7.11 Å². The molecule has 0 bridgehead atoms. The minimum atomic E-state index is -1.11. The summed E-state index contributed by atoms with van der Waals surface area (Å²) in [6.45, 7) is 5.34. The summed E-state index contributed by atoms with van der Waals surface area (Å²) >= 11 is 0. The molecular weight excluding hydrogens is 194 g/mol. The first-order chi connectivity index (χ1) is 7.06. The highest BCUT2D eigenvalue weighted by atomic mass is 16.5. The highest BCUT2D eigenvalue weighted by molar-refractivity contribution is 5.88. The number of carbonyl (C=O) groups excluding carboxylic acids is 1. The van der Waals surface area contributed by atoms with Gasteiger partial charge in [0.1, 0.15) is 6.10 Å². The van der Waals surface area contributed by atoms with E-state index in [1.54, 1.807) is 18.3 Å². The third kappa shape index (κ3) is 2.63. The maximum Gasteiger partial charge on any atom is 0.336 e. The van der Waals surface area contributed by atoms with Crippen LogP contribution in [0.4, 0.5) is 0 Å². The number of aryl methyl sites for hydroxylation is 1. The Kier molecular flexibility index (Phi) is 3.57. The lowest BCUT2D eigenvalue weighted by Gasteiger charge is -2.11. The molecule has 1 aromatic heterocycles. The van der Waals surface area contributed by atoms with Crippen molar-refractivity contribution >= 4 is 5.97 Å². The van der Waals surface area contributed by atoms with E-state index in [1.807, 2.05) is 6.92 Å². The number of ether oxygens (including phenoxy) is 1. The first-order valence-electron chi connectivity index (χ1n) is 4.44. The van der Waals surface area contributed by atoms with Crippen LogP contribution >= 0.6 is 0 Å². The first-order valence-corrected chi connectivity index (χ1v) is 4.44. The maximum atomic E-state index is 11.1. The van der Waals surface area contributed by atoms with Crippen LogP contribution in [0.5, 0.6) is 0 Å². The van der Waals surface area contributed by atoms with Crippen LogP contribution in [-0.2, 0) is 9.53 Å². The van der Waals surface area contributed by atoms with E-state index in [0.29, 0.717) is 5.69 Å². The molecule has 15 heavy (non-hydrogen) atoms. The van der Waals surface area contributed by atoms with Crippen molar-refractivity contribution in [2.24, 2.45) is 0 Å². The number of hydrogen-bond donors (Lipinski definition) is 1. The van der Waals surface area contributed by atoms with Gasteiger partial charge in [0.05, 0.1) is 18.4 Å². The van der Waals surface area contributed by atoms with Gasteiger partial charge in [0, 0.05) is 6.20 Å². The Bertz CT molecular complexity index is 387. The second-order valence-corrected chi connectivity index (χ2v) is 3.18. The third-order valence-electron chi connectivity index (χ3n) is 1.99. The average Bonchev–Trinajstić information content (AvgIpc) is 2.26. The lowest BCUT2D eigenvalue weighted by Crippen LogP contribution is -2.13. The Morgan fingerprint density at radius 2 is 2.33 bits per heavy atom. The minimum Gasteiger partial charge on any atom is -0.466 e. The molecule has 0 saturated carbocycles. The molecule has 0 amide bonds. The van der Waals surface area contributed by atoms with Crippen molar-refractivity contribution in [1.82, 2.24) is 4.98 Å². The molecule has 4 heteroatoms. The van der Waals surface area contributed by atoms with Crippen molar-refractivity contribution in [1.29, 1.82) is 0 Å². The zero-order chi connectivity index (χ0) is 11.4. The Morgan fingerprint density at radius 1 is 1.67 bits per heavy atom. The normalized spacial score (nSPS) is 11.9. The molecule has 0 aliphatic carbocycles. The molecule has 0 aliphatic heterocycles. The summed E-state index contributed by atoms with van der Waals surface area (Å²) in [5.74, 6) is -0.634. The second-order valence-electron chi connectivity index (χ2n) is 3.18. The second kappa shape index (κ2) is 4.70. The molecule has 1 aromatic rings. The van der Waals surface area contributed by atoms with Gasteiger partial charge in [0.2, 0.25) is 0 Å². The van der Waals surface area contributed by atoms with Gasteiger partial charge in [-0.15, -0.1) is 0 Å². The van der Waals surface area contributed by atoms with Gasteiger partial charge in [0.15, 0.2) is 0 Å². The van der Waals surface area contributed by atoms with Gasteiger partial charge in [-0.2, -0.15) is 0 Å². The average molecular weight is 207 g/mol. The van der Waals surface area contributed by atoms with Gasteiger partial charge in [0.25, 0.3) is 0 Å². The topological polar surface area (TPSA) is 59.4 Å². The van der Waals surface area contributed by atoms with E-state index in [9.17, 15) is 9.90 Å². The molecule has 1 heterocycles. The number of aliphatic hydroxyl groups excluding tert-OH is 1. The fourth-order valence-electron chi connectivity index (χ4n) is 1.13. The molecule has 0 fully saturated rings. The lowest BCUT2D eigenvalue weighted by molar-refractivity contribution is -0.137. The van der Waals surface area contributed by atoms with Gasteiger partial charge >= 0.3 is 5.97 Å². The molecule has 0 radical (unpaired) electrons. The molecule has 1 unspecified atom stereocenters. The molecule has 0 aromatic carbocycles. The van der Waals surface area contributed by atoms with E-state index in [2.05, 4.69) is 16.3 Å². The van der Waals surface area contributed by atoms with Gasteiger partial charge in [-0.3, -0.25) is 4.98 Å². The summed E-state index contributed by atoms with van der Waals surface area (Å²) in [6.07, 6.45) is 0.454. The van der Waals surface area contributed by atoms with Crippen LogP contribution in [-0.4, -0.2) is 23.2 Å². The molecule has 80 valence electrons. The van der Waals surface area contributed by atoms with E-state index in [-0.39, 0.29) is 5.57 Å². The molecule has 1 atom stereocenters. The number of pyridine rings is 1. The summed E-state index contributed by atoms with van der Waals surface area (Å²) in [4.78, 5) is 15.1. The highest BCUT2D eigenvalue weighted by Crippen LogP contribution is 2.19. The van der Waals surface area contributed by atoms with Crippen molar-refractivity contribution in [3.8, 4) is 0 Å². The van der Waals surface area contributed by atoms with E-state index in [0.717, 1.165) is 5.56 Å². The van der Waals surface area contributed by atoms with E-state index < -0.39 is 12.1 Å². The van der Waals surface area contributed by atoms with Crippen LogP contribution in [0, 0.1) is 6.92 Å². The SMILES string of the molecule is C=C(C(=O)OC)C(O)c1cc(C)ccn1. The van der Waals surface area contributed by atoms with Gasteiger partial charge < -0.3 is 9.84 Å². The van der Waals surface area contributed by atoms with Crippen molar-refractivity contribution < 1.29 is 14.6 Å². The van der Waals surface area contributed by atoms with Crippen LogP contribution in [0.15, 0.2) is 30.5 Å². The summed E-state index contributed by atoms with van der Waals surface area (Å²) in [6, 6.07) is 3.50. The van der Waals surface area contributed by atoms with E-state index in [4.69, 9.17) is 0 Å². The quantitative estimate of drug-likeness (QED) is 0.596. The maximum absolute atomic E-state index is 11.1. The summed E-state index contributed by atoms with van der Waals surface area (Å²) in [7, 11) is 1.24. The van der Waals surface area contributed by atoms with Crippen LogP contribution < -0.4 is 0 Å². The fourth-order valence-corrected chi connectivity index (χ4v) is 1.13. The van der Waals surface area contributed by atoms with Crippen molar-refractivity contribution in [2.45, 2.75) is 13.0 Å². The summed E-state index contributed by atoms with van der Waals surface area (Å²) in [5.41, 5.74) is 1.33. The number of methoxy groups -OCH3 is 1. The number of carbonyl (C=O) groups is 1. The smallest absolute Gasteiger partial charge is 0.336 e. The summed E-state index contributed by atoms with van der Waals surface area (Å²) < 4.78 is 4.46. The largest absolute Gasteiger partial charge is 0.466 e. The van der Waals surface area contributed by atoms with Crippen molar-refractivity contribution in [2.75, 3.05) is 7.11 Å². The number of aliphatic hydroxyl groups is 1. The zero-order valence-electron chi connectivity index (χ0n) is 8.73. The fraction of sp³-hybridized carbons (Fsp3) is 0.273.